The van der Waals surface area contributed by atoms with Crippen LogP contribution in [0.3, 0.4) is 0 Å². The summed E-state index contributed by atoms with van der Waals surface area (Å²) in [5, 5.41) is 0.797. The molecule has 2 aliphatic heterocycles. The van der Waals surface area contributed by atoms with E-state index >= 15 is 0 Å². The lowest BCUT2D eigenvalue weighted by Crippen LogP contribution is -2.38. The van der Waals surface area contributed by atoms with Gasteiger partial charge in [0.2, 0.25) is 5.91 Å². The molecule has 1 aromatic carbocycles. The number of imidazole rings is 1. The minimum Gasteiger partial charge on any atom is -0.486 e. The highest BCUT2D eigenvalue weighted by Crippen LogP contribution is 2.41. The van der Waals surface area contributed by atoms with Gasteiger partial charge in [-0.3, -0.25) is 4.79 Å². The number of aryl methyl sites for hydroxylation is 1. The van der Waals surface area contributed by atoms with Crippen LogP contribution < -0.4 is 15.2 Å². The molecule has 10 heteroatoms. The number of carbonyl (C=O) groups is 1. The minimum absolute atomic E-state index is 0.243. The molecule has 0 bridgehead atoms. The second-order valence-corrected chi connectivity index (χ2v) is 9.79. The number of anilines is 1. The molecule has 5 rings (SSSR count). The molecule has 4 heterocycles. The van der Waals surface area contributed by atoms with Crippen LogP contribution in [0.15, 0.2) is 35.1 Å². The highest BCUT2D eigenvalue weighted by molar-refractivity contribution is 7.99. The van der Waals surface area contributed by atoms with Crippen LogP contribution in [-0.4, -0.2) is 56.6 Å². The molecule has 184 valence electrons. The van der Waals surface area contributed by atoms with Gasteiger partial charge in [-0.2, -0.15) is 0 Å². The third kappa shape index (κ3) is 4.80. The number of aromatic nitrogens is 4. The van der Waals surface area contributed by atoms with Crippen molar-refractivity contribution in [2.45, 2.75) is 49.2 Å². The molecule has 9 nitrogen and oxygen atoms in total. The number of likely N-dealkylation sites (tertiary alicyclic amines) is 1. The summed E-state index contributed by atoms with van der Waals surface area (Å²) in [5.41, 5.74) is 8.44. The summed E-state index contributed by atoms with van der Waals surface area (Å²) in [6.45, 7) is 9.38. The summed E-state index contributed by atoms with van der Waals surface area (Å²) in [6.07, 6.45) is 6.87. The van der Waals surface area contributed by atoms with E-state index in [0.29, 0.717) is 36.9 Å². The highest BCUT2D eigenvalue weighted by atomic mass is 32.2. The van der Waals surface area contributed by atoms with Crippen molar-refractivity contribution in [3.63, 3.8) is 0 Å². The van der Waals surface area contributed by atoms with Crippen LogP contribution in [0.2, 0.25) is 0 Å². The minimum atomic E-state index is 0.243. The summed E-state index contributed by atoms with van der Waals surface area (Å²) in [6, 6.07) is 3.94. The van der Waals surface area contributed by atoms with E-state index in [1.165, 1.54) is 18.1 Å². The molecule has 2 aliphatic rings. The average molecular weight is 495 g/mol. The van der Waals surface area contributed by atoms with E-state index in [-0.39, 0.29) is 5.91 Å². The van der Waals surface area contributed by atoms with Gasteiger partial charge in [-0.15, -0.1) is 0 Å². The van der Waals surface area contributed by atoms with Crippen molar-refractivity contribution in [3.8, 4) is 11.5 Å². The SMILES string of the molecule is C=Cc1cc2c(cc1Sc1nc3c(N)ncnc3n1CCC1CCN(C(=O)CC)CC1)OCCO2. The second-order valence-electron chi connectivity index (χ2n) is 8.78. The van der Waals surface area contributed by atoms with Crippen LogP contribution in [-0.2, 0) is 11.3 Å². The van der Waals surface area contributed by atoms with Gasteiger partial charge in [0.25, 0.3) is 0 Å². The van der Waals surface area contributed by atoms with E-state index in [0.717, 1.165) is 71.7 Å². The number of piperidine rings is 1. The first kappa shape index (κ1) is 23.5. The maximum atomic E-state index is 12.0. The smallest absolute Gasteiger partial charge is 0.222 e. The van der Waals surface area contributed by atoms with Crippen LogP contribution in [0.25, 0.3) is 17.2 Å². The Morgan fingerprint density at radius 1 is 1.23 bits per heavy atom. The van der Waals surface area contributed by atoms with Crippen molar-refractivity contribution in [1.82, 2.24) is 24.4 Å². The Bertz CT molecular complexity index is 1250. The third-order valence-electron chi connectivity index (χ3n) is 6.65. The van der Waals surface area contributed by atoms with Gasteiger partial charge in [0.15, 0.2) is 33.6 Å². The predicted octanol–water partition coefficient (Wildman–Crippen LogP) is 4.01. The van der Waals surface area contributed by atoms with Crippen LogP contribution >= 0.6 is 11.8 Å². The molecule has 0 aliphatic carbocycles. The Morgan fingerprint density at radius 2 is 1.97 bits per heavy atom. The summed E-state index contributed by atoms with van der Waals surface area (Å²) in [7, 11) is 0. The van der Waals surface area contributed by atoms with E-state index < -0.39 is 0 Å². The Kier molecular flexibility index (Phi) is 6.81. The van der Waals surface area contributed by atoms with Crippen molar-refractivity contribution >= 4 is 40.7 Å². The number of fused-ring (bicyclic) bond motifs is 2. The summed E-state index contributed by atoms with van der Waals surface area (Å²) in [5.74, 6) is 2.61. The first-order valence-electron chi connectivity index (χ1n) is 12.1. The van der Waals surface area contributed by atoms with Crippen LogP contribution in [0.4, 0.5) is 5.82 Å². The summed E-state index contributed by atoms with van der Waals surface area (Å²) < 4.78 is 13.7. The van der Waals surface area contributed by atoms with Gasteiger partial charge in [-0.05, 0) is 42.9 Å². The number of carbonyl (C=O) groups excluding carboxylic acids is 1. The molecule has 0 atom stereocenters. The van der Waals surface area contributed by atoms with Crippen LogP contribution in [0.5, 0.6) is 11.5 Å². The quantitative estimate of drug-likeness (QED) is 0.525. The standard InChI is InChI=1S/C25H30N6O3S/c1-3-17-13-18-19(34-12-11-33-18)14-20(17)35-25-29-22-23(26)27-15-28-24(22)31(25)10-7-16-5-8-30(9-6-16)21(32)4-2/h3,13-16H,1,4-12H2,2H3,(H2,26,27,28). The van der Waals surface area contributed by atoms with E-state index in [2.05, 4.69) is 21.1 Å². The molecule has 1 amide bonds. The largest absolute Gasteiger partial charge is 0.486 e. The molecule has 2 N–H and O–H groups in total. The number of amides is 1. The first-order valence-corrected chi connectivity index (χ1v) is 12.9. The second kappa shape index (κ2) is 10.2. The van der Waals surface area contributed by atoms with Gasteiger partial charge in [-0.25, -0.2) is 15.0 Å². The van der Waals surface area contributed by atoms with Crippen LogP contribution in [0.1, 0.15) is 38.2 Å². The summed E-state index contributed by atoms with van der Waals surface area (Å²) in [4.78, 5) is 28.4. The van der Waals surface area contributed by atoms with E-state index in [9.17, 15) is 4.79 Å². The molecule has 0 saturated carbocycles. The maximum Gasteiger partial charge on any atom is 0.222 e. The lowest BCUT2D eigenvalue weighted by atomic mass is 9.93. The molecular formula is C25H30N6O3S. The number of nitrogens with zero attached hydrogens (tertiary/aromatic N) is 5. The van der Waals surface area contributed by atoms with Crippen molar-refractivity contribution in [3.05, 3.63) is 30.6 Å². The van der Waals surface area contributed by atoms with Crippen molar-refractivity contribution in [2.75, 3.05) is 32.0 Å². The molecule has 0 unspecified atom stereocenters. The number of hydrogen-bond acceptors (Lipinski definition) is 8. The maximum absolute atomic E-state index is 12.0. The molecular weight excluding hydrogens is 464 g/mol. The van der Waals surface area contributed by atoms with Gasteiger partial charge >= 0.3 is 0 Å². The Morgan fingerprint density at radius 3 is 2.69 bits per heavy atom. The van der Waals surface area contributed by atoms with Crippen molar-refractivity contribution < 1.29 is 14.3 Å². The fourth-order valence-corrected chi connectivity index (χ4v) is 5.70. The normalized spacial score (nSPS) is 16.0. The van der Waals surface area contributed by atoms with Crippen molar-refractivity contribution in [1.29, 1.82) is 0 Å². The Labute approximate surface area is 208 Å². The molecule has 2 aromatic heterocycles. The van der Waals surface area contributed by atoms with Gasteiger partial charge in [-0.1, -0.05) is 31.3 Å². The lowest BCUT2D eigenvalue weighted by Gasteiger charge is -2.32. The zero-order valence-corrected chi connectivity index (χ0v) is 20.7. The average Bonchev–Trinajstić information content (AvgIpc) is 3.25. The molecule has 1 saturated heterocycles. The van der Waals surface area contributed by atoms with E-state index in [1.807, 2.05) is 30.0 Å². The summed E-state index contributed by atoms with van der Waals surface area (Å²) >= 11 is 1.54. The molecule has 0 spiro atoms. The Balaban J connectivity index is 1.40. The number of nitrogens with two attached hydrogens (primary N) is 1. The first-order chi connectivity index (χ1) is 17.1. The van der Waals surface area contributed by atoms with Gasteiger partial charge in [0.05, 0.1) is 0 Å². The zero-order chi connectivity index (χ0) is 24.4. The van der Waals surface area contributed by atoms with Gasteiger partial charge in [0.1, 0.15) is 19.5 Å². The zero-order valence-electron chi connectivity index (χ0n) is 19.9. The lowest BCUT2D eigenvalue weighted by molar-refractivity contribution is -0.132. The Hall–Kier alpha value is -3.27. The van der Waals surface area contributed by atoms with Gasteiger partial charge in [0, 0.05) is 31.0 Å². The van der Waals surface area contributed by atoms with Gasteiger partial charge < -0.3 is 24.7 Å². The third-order valence-corrected chi connectivity index (χ3v) is 7.72. The van der Waals surface area contributed by atoms with Crippen LogP contribution in [0, 0.1) is 5.92 Å². The molecule has 0 radical (unpaired) electrons. The number of benzene rings is 1. The van der Waals surface area contributed by atoms with E-state index in [1.54, 1.807) is 0 Å². The molecule has 1 fully saturated rings. The predicted molar refractivity (Wildman–Crippen MR) is 136 cm³/mol. The van der Waals surface area contributed by atoms with Crippen molar-refractivity contribution in [2.24, 2.45) is 5.92 Å². The van der Waals surface area contributed by atoms with E-state index in [4.69, 9.17) is 20.2 Å². The number of nitrogen functional groups attached to an aromatic ring is 1. The fourth-order valence-electron chi connectivity index (χ4n) is 4.65. The number of hydrogen-bond donors (Lipinski definition) is 1. The molecule has 3 aromatic rings. The topological polar surface area (TPSA) is 108 Å². The number of ether oxygens (including phenoxy) is 2. The highest BCUT2D eigenvalue weighted by Gasteiger charge is 2.24. The monoisotopic (exact) mass is 494 g/mol. The molecule has 35 heavy (non-hydrogen) atoms. The number of rotatable bonds is 7. The fraction of sp³-hybridized carbons (Fsp3) is 0.440.